The second-order valence-electron chi connectivity index (χ2n) is 5.52. The summed E-state index contributed by atoms with van der Waals surface area (Å²) < 4.78 is 13.6. The van der Waals surface area contributed by atoms with Crippen LogP contribution in [0.5, 0.6) is 0 Å². The van der Waals surface area contributed by atoms with Gasteiger partial charge in [0.15, 0.2) is 0 Å². The van der Waals surface area contributed by atoms with Crippen molar-refractivity contribution in [3.05, 3.63) is 35.6 Å². The third kappa shape index (κ3) is 3.57. The van der Waals surface area contributed by atoms with Crippen molar-refractivity contribution in [1.82, 2.24) is 4.90 Å². The first-order valence-electron chi connectivity index (χ1n) is 7.40. The summed E-state index contributed by atoms with van der Waals surface area (Å²) in [6.07, 6.45) is 3.99. The van der Waals surface area contributed by atoms with Crippen molar-refractivity contribution in [2.75, 3.05) is 6.54 Å². The molecule has 2 N–H and O–H groups in total. The number of benzene rings is 1. The first-order chi connectivity index (χ1) is 9.61. The van der Waals surface area contributed by atoms with Gasteiger partial charge in [0.2, 0.25) is 5.91 Å². The molecule has 1 amide bonds. The Morgan fingerprint density at radius 3 is 2.55 bits per heavy atom. The fraction of sp³-hybridized carbons (Fsp3) is 0.562. The summed E-state index contributed by atoms with van der Waals surface area (Å²) in [4.78, 5) is 14.3. The molecule has 4 heteroatoms. The molecule has 0 bridgehead atoms. The highest BCUT2D eigenvalue weighted by molar-refractivity contribution is 5.79. The van der Waals surface area contributed by atoms with Crippen LogP contribution >= 0.6 is 0 Å². The molecule has 2 rings (SSSR count). The molecule has 0 aromatic heterocycles. The molecule has 0 spiro atoms. The molecular weight excluding hydrogens is 255 g/mol. The van der Waals surface area contributed by atoms with Gasteiger partial charge in [0.25, 0.3) is 0 Å². The molecule has 1 aliphatic rings. The number of hydrogen-bond donors (Lipinski definition) is 1. The summed E-state index contributed by atoms with van der Waals surface area (Å²) in [6.45, 7) is 2.65. The van der Waals surface area contributed by atoms with E-state index < -0.39 is 0 Å². The number of amides is 1. The molecule has 1 aliphatic carbocycles. The Morgan fingerprint density at radius 1 is 1.30 bits per heavy atom. The Hall–Kier alpha value is -1.42. The number of hydrogen-bond acceptors (Lipinski definition) is 2. The Labute approximate surface area is 120 Å². The van der Waals surface area contributed by atoms with Crippen molar-refractivity contribution in [2.24, 2.45) is 5.73 Å². The summed E-state index contributed by atoms with van der Waals surface area (Å²) in [7, 11) is 0. The average molecular weight is 278 g/mol. The molecule has 20 heavy (non-hydrogen) atoms. The minimum absolute atomic E-state index is 0.0121. The number of nitrogens with zero attached hydrogens (tertiary/aromatic N) is 1. The zero-order valence-corrected chi connectivity index (χ0v) is 12.0. The highest BCUT2D eigenvalue weighted by Crippen LogP contribution is 2.23. The standard InChI is InChI=1S/C16H23FN2O/c1-2-19(14-9-7-13(18)8-10-14)16(20)11-12-5-3-4-6-15(12)17/h3-6,13-14H,2,7-11,18H2,1H3. The molecular formula is C16H23FN2O. The van der Waals surface area contributed by atoms with Crippen LogP contribution in [0.15, 0.2) is 24.3 Å². The van der Waals surface area contributed by atoms with Gasteiger partial charge in [0.1, 0.15) is 5.82 Å². The molecule has 3 nitrogen and oxygen atoms in total. The Morgan fingerprint density at radius 2 is 1.95 bits per heavy atom. The summed E-state index contributed by atoms with van der Waals surface area (Å²) >= 11 is 0. The average Bonchev–Trinajstić information content (AvgIpc) is 2.44. The Bertz CT molecular complexity index is 456. The number of carbonyl (C=O) groups is 1. The lowest BCUT2D eigenvalue weighted by Crippen LogP contribution is -2.44. The van der Waals surface area contributed by atoms with Crippen molar-refractivity contribution in [2.45, 2.75) is 51.1 Å². The van der Waals surface area contributed by atoms with Crippen LogP contribution in [-0.2, 0) is 11.2 Å². The van der Waals surface area contributed by atoms with Crippen molar-refractivity contribution >= 4 is 5.91 Å². The predicted octanol–water partition coefficient (Wildman–Crippen LogP) is 2.49. The van der Waals surface area contributed by atoms with Gasteiger partial charge in [-0.2, -0.15) is 0 Å². The number of carbonyl (C=O) groups excluding carboxylic acids is 1. The fourth-order valence-corrected chi connectivity index (χ4v) is 2.96. The van der Waals surface area contributed by atoms with E-state index in [0.717, 1.165) is 25.7 Å². The van der Waals surface area contributed by atoms with Crippen LogP contribution in [0.25, 0.3) is 0 Å². The summed E-state index contributed by atoms with van der Waals surface area (Å²) in [5, 5.41) is 0. The van der Waals surface area contributed by atoms with Gasteiger partial charge in [-0.3, -0.25) is 4.79 Å². The van der Waals surface area contributed by atoms with Crippen LogP contribution in [-0.4, -0.2) is 29.4 Å². The lowest BCUT2D eigenvalue weighted by molar-refractivity contribution is -0.133. The van der Waals surface area contributed by atoms with E-state index in [4.69, 9.17) is 5.73 Å². The van der Waals surface area contributed by atoms with E-state index >= 15 is 0 Å². The van der Waals surface area contributed by atoms with E-state index in [0.29, 0.717) is 12.1 Å². The molecule has 0 aliphatic heterocycles. The fourth-order valence-electron chi connectivity index (χ4n) is 2.96. The van der Waals surface area contributed by atoms with Gasteiger partial charge in [0, 0.05) is 18.6 Å². The van der Waals surface area contributed by atoms with Crippen LogP contribution in [0.3, 0.4) is 0 Å². The third-order valence-electron chi connectivity index (χ3n) is 4.14. The van der Waals surface area contributed by atoms with Crippen molar-refractivity contribution < 1.29 is 9.18 Å². The minimum atomic E-state index is -0.303. The van der Waals surface area contributed by atoms with Gasteiger partial charge >= 0.3 is 0 Å². The minimum Gasteiger partial charge on any atom is -0.340 e. The van der Waals surface area contributed by atoms with Gasteiger partial charge in [-0.05, 0) is 44.2 Å². The Balaban J connectivity index is 2.00. The molecule has 0 radical (unpaired) electrons. The summed E-state index contributed by atoms with van der Waals surface area (Å²) in [5.74, 6) is -0.291. The first-order valence-corrected chi connectivity index (χ1v) is 7.40. The SMILES string of the molecule is CCN(C(=O)Cc1ccccc1F)C1CCC(N)CC1. The molecule has 1 fully saturated rings. The monoisotopic (exact) mass is 278 g/mol. The summed E-state index contributed by atoms with van der Waals surface area (Å²) in [5.41, 5.74) is 6.38. The van der Waals surface area contributed by atoms with Crippen molar-refractivity contribution in [3.63, 3.8) is 0 Å². The molecule has 1 aromatic carbocycles. The molecule has 1 aromatic rings. The normalized spacial score (nSPS) is 22.6. The van der Waals surface area contributed by atoms with E-state index in [1.807, 2.05) is 11.8 Å². The highest BCUT2D eigenvalue weighted by atomic mass is 19.1. The van der Waals surface area contributed by atoms with Crippen molar-refractivity contribution in [3.8, 4) is 0 Å². The lowest BCUT2D eigenvalue weighted by atomic mass is 9.90. The van der Waals surface area contributed by atoms with Gasteiger partial charge in [-0.1, -0.05) is 18.2 Å². The zero-order valence-electron chi connectivity index (χ0n) is 12.0. The third-order valence-corrected chi connectivity index (χ3v) is 4.14. The van der Waals surface area contributed by atoms with Crippen LogP contribution in [0.1, 0.15) is 38.2 Å². The van der Waals surface area contributed by atoms with Gasteiger partial charge < -0.3 is 10.6 Å². The molecule has 0 heterocycles. The Kier molecular flexibility index (Phi) is 5.12. The molecule has 110 valence electrons. The van der Waals surface area contributed by atoms with Crippen LogP contribution in [0, 0.1) is 5.82 Å². The maximum Gasteiger partial charge on any atom is 0.227 e. The second-order valence-corrected chi connectivity index (χ2v) is 5.52. The zero-order chi connectivity index (χ0) is 14.5. The lowest BCUT2D eigenvalue weighted by Gasteiger charge is -2.35. The van der Waals surface area contributed by atoms with Crippen LogP contribution in [0.4, 0.5) is 4.39 Å². The van der Waals surface area contributed by atoms with Gasteiger partial charge in [-0.15, -0.1) is 0 Å². The quantitative estimate of drug-likeness (QED) is 0.919. The number of halogens is 1. The maximum atomic E-state index is 13.6. The number of rotatable bonds is 4. The molecule has 0 saturated heterocycles. The van der Waals surface area contributed by atoms with Crippen LogP contribution in [0.2, 0.25) is 0 Å². The smallest absolute Gasteiger partial charge is 0.227 e. The largest absolute Gasteiger partial charge is 0.340 e. The summed E-state index contributed by atoms with van der Waals surface area (Å²) in [6, 6.07) is 7.02. The van der Waals surface area contributed by atoms with Crippen molar-refractivity contribution in [1.29, 1.82) is 0 Å². The highest BCUT2D eigenvalue weighted by Gasteiger charge is 2.26. The number of likely N-dealkylation sites (N-methyl/N-ethyl adjacent to an activating group) is 1. The molecule has 0 unspecified atom stereocenters. The maximum absolute atomic E-state index is 13.6. The molecule has 0 atom stereocenters. The van der Waals surface area contributed by atoms with E-state index in [1.54, 1.807) is 18.2 Å². The first kappa shape index (κ1) is 15.0. The predicted molar refractivity (Wildman–Crippen MR) is 77.7 cm³/mol. The number of nitrogens with two attached hydrogens (primary N) is 1. The second kappa shape index (κ2) is 6.84. The van der Waals surface area contributed by atoms with E-state index in [9.17, 15) is 9.18 Å². The van der Waals surface area contributed by atoms with E-state index in [1.165, 1.54) is 6.07 Å². The van der Waals surface area contributed by atoms with Gasteiger partial charge in [0.05, 0.1) is 6.42 Å². The topological polar surface area (TPSA) is 46.3 Å². The van der Waals surface area contributed by atoms with Crippen LogP contribution < -0.4 is 5.73 Å². The van der Waals surface area contributed by atoms with E-state index in [2.05, 4.69) is 0 Å². The molecule has 1 saturated carbocycles. The van der Waals surface area contributed by atoms with Gasteiger partial charge in [-0.25, -0.2) is 4.39 Å². The van der Waals surface area contributed by atoms with E-state index in [-0.39, 0.29) is 30.2 Å².